The smallest absolute Gasteiger partial charge is 0.258 e. The third kappa shape index (κ3) is 5.38. The molecule has 0 aliphatic heterocycles. The molecule has 6 heteroatoms. The van der Waals surface area contributed by atoms with Gasteiger partial charge in [-0.05, 0) is 49.4 Å². The minimum absolute atomic E-state index is 0.0744. The maximum absolute atomic E-state index is 13.0. The Bertz CT molecular complexity index is 1010. The van der Waals surface area contributed by atoms with E-state index in [4.69, 9.17) is 4.74 Å². The molecular weight excluding hydrogens is 378 g/mol. The van der Waals surface area contributed by atoms with Crippen LogP contribution in [0.2, 0.25) is 0 Å². The van der Waals surface area contributed by atoms with Crippen molar-refractivity contribution >= 4 is 28.9 Å². The molecule has 30 heavy (non-hydrogen) atoms. The summed E-state index contributed by atoms with van der Waals surface area (Å²) in [5.41, 5.74) is 2.76. The Morgan fingerprint density at radius 3 is 2.37 bits per heavy atom. The maximum Gasteiger partial charge on any atom is 0.258 e. The highest BCUT2D eigenvalue weighted by atomic mass is 16.5. The van der Waals surface area contributed by atoms with Crippen LogP contribution in [0.25, 0.3) is 0 Å². The number of ether oxygens (including phenoxy) is 1. The number of benzene rings is 3. The molecular formula is C24H25N3O3. The molecule has 0 saturated carbocycles. The number of para-hydroxylation sites is 1. The molecule has 0 aliphatic carbocycles. The first-order chi connectivity index (χ1) is 14.6. The summed E-state index contributed by atoms with van der Waals surface area (Å²) in [7, 11) is 1.58. The van der Waals surface area contributed by atoms with E-state index in [2.05, 4.69) is 10.6 Å². The van der Waals surface area contributed by atoms with E-state index in [0.717, 1.165) is 5.69 Å². The Morgan fingerprint density at radius 2 is 1.63 bits per heavy atom. The molecule has 0 bridgehead atoms. The van der Waals surface area contributed by atoms with Crippen molar-refractivity contribution < 1.29 is 14.3 Å². The average molecular weight is 403 g/mol. The van der Waals surface area contributed by atoms with E-state index in [0.29, 0.717) is 29.2 Å². The van der Waals surface area contributed by atoms with Gasteiger partial charge in [-0.1, -0.05) is 30.3 Å². The van der Waals surface area contributed by atoms with E-state index < -0.39 is 0 Å². The van der Waals surface area contributed by atoms with Gasteiger partial charge >= 0.3 is 0 Å². The summed E-state index contributed by atoms with van der Waals surface area (Å²) in [5, 5.41) is 5.89. The van der Waals surface area contributed by atoms with Gasteiger partial charge in [0.1, 0.15) is 5.75 Å². The molecule has 0 saturated heterocycles. The van der Waals surface area contributed by atoms with Gasteiger partial charge in [0.2, 0.25) is 5.91 Å². The van der Waals surface area contributed by atoms with Gasteiger partial charge in [-0.2, -0.15) is 0 Å². The first-order valence-electron chi connectivity index (χ1n) is 9.75. The molecule has 3 aromatic rings. The largest absolute Gasteiger partial charge is 0.497 e. The average Bonchev–Trinajstić information content (AvgIpc) is 2.79. The van der Waals surface area contributed by atoms with E-state index in [1.807, 2.05) is 55.5 Å². The fraction of sp³-hybridized carbons (Fsp3) is 0.167. The van der Waals surface area contributed by atoms with E-state index in [1.54, 1.807) is 42.3 Å². The van der Waals surface area contributed by atoms with Gasteiger partial charge in [0.05, 0.1) is 13.7 Å². The second-order valence-corrected chi connectivity index (χ2v) is 6.60. The van der Waals surface area contributed by atoms with E-state index >= 15 is 0 Å². The third-order valence-electron chi connectivity index (χ3n) is 4.55. The van der Waals surface area contributed by atoms with Gasteiger partial charge in [0.15, 0.2) is 0 Å². The molecule has 3 rings (SSSR count). The Labute approximate surface area is 176 Å². The number of hydrogen-bond donors (Lipinski definition) is 2. The number of carbonyl (C=O) groups excluding carboxylic acids is 2. The zero-order valence-corrected chi connectivity index (χ0v) is 17.1. The molecule has 0 radical (unpaired) electrons. The number of anilines is 3. The number of nitrogens with one attached hydrogen (secondary N) is 2. The van der Waals surface area contributed by atoms with Crippen LogP contribution in [-0.4, -0.2) is 32.0 Å². The van der Waals surface area contributed by atoms with Crippen LogP contribution in [-0.2, 0) is 4.79 Å². The highest BCUT2D eigenvalue weighted by Crippen LogP contribution is 2.19. The zero-order chi connectivity index (χ0) is 21.3. The van der Waals surface area contributed by atoms with Gasteiger partial charge in [-0.15, -0.1) is 0 Å². The summed E-state index contributed by atoms with van der Waals surface area (Å²) in [5.74, 6) is 0.388. The fourth-order valence-corrected chi connectivity index (χ4v) is 3.06. The number of methoxy groups -OCH3 is 1. The molecule has 0 heterocycles. The predicted molar refractivity (Wildman–Crippen MR) is 120 cm³/mol. The summed E-state index contributed by atoms with van der Waals surface area (Å²) in [4.78, 5) is 26.9. The van der Waals surface area contributed by atoms with Crippen LogP contribution >= 0.6 is 0 Å². The van der Waals surface area contributed by atoms with E-state index in [-0.39, 0.29) is 18.4 Å². The standard InChI is InChI=1S/C24H25N3O3/c1-3-27(21-12-5-4-6-13-21)24(29)18-9-7-10-19(15-18)25-17-23(28)26-20-11-8-14-22(16-20)30-2/h4-16,25H,3,17H2,1-2H3,(H,26,28). The number of amides is 2. The lowest BCUT2D eigenvalue weighted by atomic mass is 10.1. The van der Waals surface area contributed by atoms with Crippen LogP contribution in [0, 0.1) is 0 Å². The maximum atomic E-state index is 13.0. The lowest BCUT2D eigenvalue weighted by molar-refractivity contribution is -0.114. The predicted octanol–water partition coefficient (Wildman–Crippen LogP) is 4.41. The molecule has 2 amide bonds. The molecule has 0 aliphatic rings. The second kappa shape index (κ2) is 10.1. The van der Waals surface area contributed by atoms with Crippen molar-refractivity contribution in [3.05, 3.63) is 84.4 Å². The molecule has 0 fully saturated rings. The minimum Gasteiger partial charge on any atom is -0.497 e. The fourth-order valence-electron chi connectivity index (χ4n) is 3.06. The SMILES string of the molecule is CCN(C(=O)c1cccc(NCC(=O)Nc2cccc(OC)c2)c1)c1ccccc1. The van der Waals surface area contributed by atoms with Crippen molar-refractivity contribution in [2.45, 2.75) is 6.92 Å². The van der Waals surface area contributed by atoms with Crippen LogP contribution in [0.1, 0.15) is 17.3 Å². The summed E-state index contributed by atoms with van der Waals surface area (Å²) in [6.07, 6.45) is 0. The minimum atomic E-state index is -0.195. The molecule has 0 aromatic heterocycles. The van der Waals surface area contributed by atoms with Crippen molar-refractivity contribution in [2.75, 3.05) is 35.7 Å². The van der Waals surface area contributed by atoms with Gasteiger partial charge in [-0.25, -0.2) is 0 Å². The van der Waals surface area contributed by atoms with E-state index in [1.165, 1.54) is 0 Å². The highest BCUT2D eigenvalue weighted by Gasteiger charge is 2.16. The Balaban J connectivity index is 1.63. The second-order valence-electron chi connectivity index (χ2n) is 6.60. The summed E-state index contributed by atoms with van der Waals surface area (Å²) < 4.78 is 5.16. The van der Waals surface area contributed by atoms with E-state index in [9.17, 15) is 9.59 Å². The first-order valence-corrected chi connectivity index (χ1v) is 9.75. The number of nitrogens with zero attached hydrogens (tertiary/aromatic N) is 1. The molecule has 3 aromatic carbocycles. The summed E-state index contributed by atoms with van der Waals surface area (Å²) >= 11 is 0. The van der Waals surface area contributed by atoms with Crippen molar-refractivity contribution in [2.24, 2.45) is 0 Å². The van der Waals surface area contributed by atoms with Crippen molar-refractivity contribution in [1.29, 1.82) is 0 Å². The summed E-state index contributed by atoms with van der Waals surface area (Å²) in [6.45, 7) is 2.57. The number of carbonyl (C=O) groups is 2. The van der Waals surface area contributed by atoms with Crippen molar-refractivity contribution in [3.8, 4) is 5.75 Å². The van der Waals surface area contributed by atoms with Crippen LogP contribution in [0.5, 0.6) is 5.75 Å². The Morgan fingerprint density at radius 1 is 0.900 bits per heavy atom. The van der Waals surface area contributed by atoms with Crippen LogP contribution in [0.3, 0.4) is 0 Å². The van der Waals surface area contributed by atoms with Crippen molar-refractivity contribution in [3.63, 3.8) is 0 Å². The highest BCUT2D eigenvalue weighted by molar-refractivity contribution is 6.06. The molecule has 0 atom stereocenters. The summed E-state index contributed by atoms with van der Waals surface area (Å²) in [6, 6.07) is 23.9. The lowest BCUT2D eigenvalue weighted by Crippen LogP contribution is -2.30. The molecule has 0 unspecified atom stereocenters. The number of rotatable bonds is 8. The zero-order valence-electron chi connectivity index (χ0n) is 17.1. The molecule has 154 valence electrons. The van der Waals surface area contributed by atoms with Gasteiger partial charge < -0.3 is 20.3 Å². The van der Waals surface area contributed by atoms with Crippen LogP contribution in [0.4, 0.5) is 17.1 Å². The monoisotopic (exact) mass is 403 g/mol. The van der Waals surface area contributed by atoms with Gasteiger partial charge in [0.25, 0.3) is 5.91 Å². The Kier molecular flexibility index (Phi) is 7.05. The number of hydrogen-bond acceptors (Lipinski definition) is 4. The third-order valence-corrected chi connectivity index (χ3v) is 4.55. The normalized spacial score (nSPS) is 10.2. The van der Waals surface area contributed by atoms with Crippen LogP contribution < -0.4 is 20.3 Å². The Hall–Kier alpha value is -3.80. The van der Waals surface area contributed by atoms with Crippen LogP contribution in [0.15, 0.2) is 78.9 Å². The topological polar surface area (TPSA) is 70.7 Å². The van der Waals surface area contributed by atoms with Gasteiger partial charge in [-0.3, -0.25) is 9.59 Å². The van der Waals surface area contributed by atoms with Crippen molar-refractivity contribution in [1.82, 2.24) is 0 Å². The quantitative estimate of drug-likeness (QED) is 0.584. The molecule has 2 N–H and O–H groups in total. The lowest BCUT2D eigenvalue weighted by Gasteiger charge is -2.21. The molecule has 6 nitrogen and oxygen atoms in total. The first kappa shape index (κ1) is 20.9. The molecule has 0 spiro atoms. The van der Waals surface area contributed by atoms with Gasteiger partial charge in [0, 0.05) is 35.2 Å².